The third-order valence-electron chi connectivity index (χ3n) is 4.42. The molecule has 0 aromatic carbocycles. The van der Waals surface area contributed by atoms with Gasteiger partial charge in [-0.15, -0.1) is 0 Å². The van der Waals surface area contributed by atoms with E-state index in [1.807, 2.05) is 0 Å². The molecular weight excluding hydrogens is 431 g/mol. The predicted octanol–water partition coefficient (Wildman–Crippen LogP) is -3.69. The Kier molecular flexibility index (Phi) is 7.51. The van der Waals surface area contributed by atoms with Crippen molar-refractivity contribution in [2.24, 2.45) is 0 Å². The lowest BCUT2D eigenvalue weighted by atomic mass is 9.99. The average molecular weight is 453 g/mol. The fraction of sp³-hybridized carbons (Fsp3) is 0.929. The Hall–Kier alpha value is -0.350. The van der Waals surface area contributed by atoms with Crippen molar-refractivity contribution in [3.05, 3.63) is 0 Å². The van der Waals surface area contributed by atoms with Crippen LogP contribution in [0.2, 0.25) is 0 Å². The molecule has 2 aliphatic heterocycles. The molecule has 0 amide bonds. The zero-order valence-corrected chi connectivity index (χ0v) is 16.0. The molecule has 2 heterocycles. The Labute approximate surface area is 168 Å². The quantitative estimate of drug-likeness (QED) is 0.154. The second-order valence-electron chi connectivity index (χ2n) is 6.37. The van der Waals surface area contributed by atoms with Gasteiger partial charge in [0.05, 0.1) is 13.2 Å². The van der Waals surface area contributed by atoms with Crippen LogP contribution in [-0.2, 0) is 23.7 Å². The molecule has 0 saturated carbocycles. The molecule has 0 aromatic rings. The third-order valence-corrected chi connectivity index (χ3v) is 5.10. The molecule has 9 atom stereocenters. The molecule has 14 heteroatoms. The number of carbonyl (C=O) groups is 1. The summed E-state index contributed by atoms with van der Waals surface area (Å²) in [5, 5.41) is 68.9. The average Bonchev–Trinajstić information content (AvgIpc) is 2.87. The first kappa shape index (κ1) is 23.9. The van der Waals surface area contributed by atoms with Crippen LogP contribution in [0.1, 0.15) is 6.92 Å². The highest BCUT2D eigenvalue weighted by Gasteiger charge is 2.70. The van der Waals surface area contributed by atoms with E-state index < -0.39 is 78.5 Å². The highest BCUT2D eigenvalue weighted by molar-refractivity contribution is 6.48. The normalized spacial score (nSPS) is 44.5. The van der Waals surface area contributed by atoms with E-state index in [0.29, 0.717) is 0 Å². The number of esters is 1. The van der Waals surface area contributed by atoms with E-state index in [1.165, 1.54) is 0 Å². The van der Waals surface area contributed by atoms with Gasteiger partial charge in [0.2, 0.25) is 0 Å². The van der Waals surface area contributed by atoms with Crippen molar-refractivity contribution in [2.45, 2.75) is 66.2 Å². The molecule has 0 bridgehead atoms. The van der Waals surface area contributed by atoms with E-state index >= 15 is 0 Å². The minimum atomic E-state index is -2.83. The number of aliphatic hydroxyl groups is 7. The van der Waals surface area contributed by atoms with Gasteiger partial charge in [-0.25, -0.2) is 0 Å². The molecule has 12 nitrogen and oxygen atoms in total. The molecule has 2 rings (SSSR count). The summed E-state index contributed by atoms with van der Waals surface area (Å²) < 4.78 is 17.6. The molecule has 2 fully saturated rings. The van der Waals surface area contributed by atoms with Crippen molar-refractivity contribution < 1.29 is 59.5 Å². The van der Waals surface area contributed by atoms with Crippen LogP contribution in [0.25, 0.3) is 0 Å². The van der Waals surface area contributed by atoms with Crippen molar-refractivity contribution in [1.82, 2.24) is 0 Å². The van der Waals surface area contributed by atoms with Crippen molar-refractivity contribution in [2.75, 3.05) is 13.2 Å². The lowest BCUT2D eigenvalue weighted by Gasteiger charge is -2.46. The maximum atomic E-state index is 11.4. The van der Waals surface area contributed by atoms with Gasteiger partial charge in [0.15, 0.2) is 6.29 Å². The summed E-state index contributed by atoms with van der Waals surface area (Å²) in [6.45, 7) is -0.704. The van der Waals surface area contributed by atoms with Gasteiger partial charge in [-0.2, -0.15) is 0 Å². The van der Waals surface area contributed by atoms with Gasteiger partial charge in [0.1, 0.15) is 42.7 Å². The molecule has 0 aromatic heterocycles. The van der Waals surface area contributed by atoms with Crippen molar-refractivity contribution >= 4 is 29.2 Å². The number of alkyl halides is 2. The van der Waals surface area contributed by atoms with Crippen molar-refractivity contribution in [3.63, 3.8) is 0 Å². The number of hydrogen-bond donors (Lipinski definition) is 7. The van der Waals surface area contributed by atoms with Gasteiger partial charge in [-0.3, -0.25) is 4.79 Å². The summed E-state index contributed by atoms with van der Waals surface area (Å²) in [4.78, 5) is 11.4. The van der Waals surface area contributed by atoms with Crippen molar-refractivity contribution in [3.8, 4) is 0 Å². The highest BCUT2D eigenvalue weighted by atomic mass is 35.5. The number of ether oxygens (including phenoxy) is 4. The smallest absolute Gasteiger partial charge is 0.318 e. The zero-order valence-electron chi connectivity index (χ0n) is 14.5. The molecular formula is C14H22Cl2O12. The van der Waals surface area contributed by atoms with Gasteiger partial charge in [-0.1, -0.05) is 23.2 Å². The van der Waals surface area contributed by atoms with E-state index in [0.717, 1.165) is 6.92 Å². The lowest BCUT2D eigenvalue weighted by molar-refractivity contribution is -0.393. The number of rotatable bonds is 6. The van der Waals surface area contributed by atoms with Crippen LogP contribution in [0.4, 0.5) is 0 Å². The Morgan fingerprint density at radius 1 is 1.00 bits per heavy atom. The fourth-order valence-electron chi connectivity index (χ4n) is 2.93. The van der Waals surface area contributed by atoms with Crippen LogP contribution in [0, 0.1) is 0 Å². The third kappa shape index (κ3) is 4.10. The Bertz CT molecular complexity index is 562. The Morgan fingerprint density at radius 2 is 1.57 bits per heavy atom. The van der Waals surface area contributed by atoms with Crippen LogP contribution in [0.5, 0.6) is 0 Å². The number of halogens is 2. The van der Waals surface area contributed by atoms with Crippen LogP contribution >= 0.6 is 23.2 Å². The van der Waals surface area contributed by atoms with Crippen LogP contribution in [-0.4, -0.2) is 114 Å². The molecule has 7 N–H and O–H groups in total. The number of carbonyl (C=O) groups excluding carboxylic acids is 1. The molecule has 0 unspecified atom stereocenters. The first-order valence-corrected chi connectivity index (χ1v) is 8.88. The van der Waals surface area contributed by atoms with Gasteiger partial charge < -0.3 is 54.7 Å². The molecule has 2 aliphatic rings. The number of hydrogen-bond acceptors (Lipinski definition) is 12. The second-order valence-corrected chi connectivity index (χ2v) is 7.63. The topological polar surface area (TPSA) is 196 Å². The molecule has 2 saturated heterocycles. The van der Waals surface area contributed by atoms with E-state index in [9.17, 15) is 40.5 Å². The van der Waals surface area contributed by atoms with Gasteiger partial charge in [0, 0.05) is 6.92 Å². The summed E-state index contributed by atoms with van der Waals surface area (Å²) in [7, 11) is 0. The minimum Gasteiger partial charge on any atom is -0.423 e. The van der Waals surface area contributed by atoms with Gasteiger partial charge in [-0.05, 0) is 0 Å². The van der Waals surface area contributed by atoms with Crippen LogP contribution in [0.15, 0.2) is 0 Å². The Morgan fingerprint density at radius 3 is 2.04 bits per heavy atom. The van der Waals surface area contributed by atoms with Crippen molar-refractivity contribution in [1.29, 1.82) is 0 Å². The molecule has 0 spiro atoms. The largest absolute Gasteiger partial charge is 0.423 e. The maximum Gasteiger partial charge on any atom is 0.318 e. The Balaban J connectivity index is 2.42. The fourth-order valence-corrected chi connectivity index (χ4v) is 3.55. The summed E-state index contributed by atoms with van der Waals surface area (Å²) in [6, 6.07) is 0. The van der Waals surface area contributed by atoms with Gasteiger partial charge >= 0.3 is 10.5 Å². The zero-order chi connectivity index (χ0) is 21.4. The SMILES string of the molecule is CC(=O)OC(Cl)(Cl)[C@@]1(O[C@H]2O[C@H](CO)[C@@H](O)[C@H](O)[C@H]2O)O[C@H](CO)[C@@H](O)[C@@H]1O. The summed E-state index contributed by atoms with van der Waals surface area (Å²) in [5.74, 6) is -3.85. The molecule has 28 heavy (non-hydrogen) atoms. The minimum absolute atomic E-state index is 0.792. The number of aliphatic hydroxyl groups excluding tert-OH is 7. The maximum absolute atomic E-state index is 11.4. The lowest BCUT2D eigenvalue weighted by Crippen LogP contribution is -2.66. The predicted molar refractivity (Wildman–Crippen MR) is 87.8 cm³/mol. The summed E-state index contributed by atoms with van der Waals surface area (Å²) >= 11 is 12.0. The molecule has 164 valence electrons. The van der Waals surface area contributed by atoms with E-state index in [1.54, 1.807) is 0 Å². The van der Waals surface area contributed by atoms with Crippen LogP contribution in [0.3, 0.4) is 0 Å². The molecule has 0 radical (unpaired) electrons. The van der Waals surface area contributed by atoms with Gasteiger partial charge in [0.25, 0.3) is 5.79 Å². The summed E-state index contributed by atoms with van der Waals surface area (Å²) in [5.41, 5.74) is 0. The van der Waals surface area contributed by atoms with E-state index in [2.05, 4.69) is 0 Å². The summed E-state index contributed by atoms with van der Waals surface area (Å²) in [6.07, 6.45) is -14.3. The first-order valence-electron chi connectivity index (χ1n) is 8.12. The molecule has 0 aliphatic carbocycles. The van der Waals surface area contributed by atoms with E-state index in [-0.39, 0.29) is 0 Å². The highest BCUT2D eigenvalue weighted by Crippen LogP contribution is 2.49. The monoisotopic (exact) mass is 452 g/mol. The van der Waals surface area contributed by atoms with E-state index in [4.69, 9.17) is 42.1 Å². The van der Waals surface area contributed by atoms with Crippen LogP contribution < -0.4 is 0 Å². The second kappa shape index (κ2) is 8.79. The standard InChI is InChI=1S/C14H22Cl2O12/c1-4(19)26-14(15,16)13(11(24)8(21)6(3-18)27-13)28-12-10(23)9(22)7(20)5(2-17)25-12/h5-12,17-18,20-24H,2-3H2,1H3/t5-,6-,7-,8-,9+,10-,11+,12-,13-/m1/s1. The first-order chi connectivity index (χ1) is 12.9.